The second kappa shape index (κ2) is 8.13. The molecule has 3 aromatic rings. The molecule has 0 aliphatic carbocycles. The molecule has 0 saturated carbocycles. The van der Waals surface area contributed by atoms with E-state index in [4.69, 9.17) is 0 Å². The number of nitrogens with zero attached hydrogens (tertiary/aromatic N) is 2. The van der Waals surface area contributed by atoms with Crippen molar-refractivity contribution in [1.29, 1.82) is 0 Å². The average molecular weight is 396 g/mol. The normalized spacial score (nSPS) is 19.1. The van der Waals surface area contributed by atoms with Gasteiger partial charge in [0.2, 0.25) is 0 Å². The maximum absolute atomic E-state index is 13.7. The number of carbonyl (C=O) groups excluding carboxylic acids is 1. The van der Waals surface area contributed by atoms with Crippen LogP contribution in [-0.4, -0.2) is 34.8 Å². The van der Waals surface area contributed by atoms with Crippen LogP contribution in [0.4, 0.5) is 8.78 Å². The Balaban J connectivity index is 1.49. The van der Waals surface area contributed by atoms with E-state index in [0.717, 1.165) is 30.3 Å². The first-order chi connectivity index (χ1) is 14.0. The summed E-state index contributed by atoms with van der Waals surface area (Å²) in [5.41, 5.74) is 3.15. The van der Waals surface area contributed by atoms with Gasteiger partial charge in [-0.2, -0.15) is 5.10 Å². The van der Waals surface area contributed by atoms with Crippen molar-refractivity contribution < 1.29 is 13.6 Å². The van der Waals surface area contributed by atoms with Crippen LogP contribution in [0.3, 0.4) is 0 Å². The van der Waals surface area contributed by atoms with Crippen molar-refractivity contribution in [3.05, 3.63) is 83.2 Å². The van der Waals surface area contributed by atoms with Gasteiger partial charge in [-0.25, -0.2) is 13.5 Å². The molecule has 5 nitrogen and oxygen atoms in total. The van der Waals surface area contributed by atoms with Crippen molar-refractivity contribution in [3.8, 4) is 5.69 Å². The maximum Gasteiger partial charge on any atom is 0.251 e. The number of piperidine rings is 1. The Labute approximate surface area is 167 Å². The van der Waals surface area contributed by atoms with Crippen molar-refractivity contribution in [2.24, 2.45) is 0 Å². The van der Waals surface area contributed by atoms with E-state index < -0.39 is 11.6 Å². The van der Waals surface area contributed by atoms with Crippen LogP contribution in [0.5, 0.6) is 0 Å². The molecule has 2 unspecified atom stereocenters. The summed E-state index contributed by atoms with van der Waals surface area (Å²) >= 11 is 0. The van der Waals surface area contributed by atoms with Crippen LogP contribution in [0.1, 0.15) is 33.8 Å². The van der Waals surface area contributed by atoms with E-state index in [1.807, 2.05) is 25.3 Å². The van der Waals surface area contributed by atoms with Crippen molar-refractivity contribution in [2.75, 3.05) is 13.1 Å². The fourth-order valence-electron chi connectivity index (χ4n) is 3.72. The minimum Gasteiger partial charge on any atom is -0.347 e. The number of aromatic nitrogens is 2. The number of hydrogen-bond acceptors (Lipinski definition) is 3. The lowest BCUT2D eigenvalue weighted by molar-refractivity contribution is 0.0924. The summed E-state index contributed by atoms with van der Waals surface area (Å²) in [5, 5.41) is 10.6. The lowest BCUT2D eigenvalue weighted by atomic mass is 9.85. The molecule has 2 N–H and O–H groups in total. The van der Waals surface area contributed by atoms with Crippen LogP contribution in [-0.2, 0) is 0 Å². The number of nitrogens with one attached hydrogen (secondary N) is 2. The van der Waals surface area contributed by atoms with Gasteiger partial charge in [-0.15, -0.1) is 0 Å². The Kier molecular flexibility index (Phi) is 5.40. The molecule has 29 heavy (non-hydrogen) atoms. The second-order valence-corrected chi connectivity index (χ2v) is 7.36. The average Bonchev–Trinajstić information content (AvgIpc) is 3.17. The summed E-state index contributed by atoms with van der Waals surface area (Å²) in [5.74, 6) is -2.01. The topological polar surface area (TPSA) is 59.0 Å². The minimum atomic E-state index is -0.865. The van der Waals surface area contributed by atoms with Crippen LogP contribution < -0.4 is 10.6 Å². The van der Waals surface area contributed by atoms with Crippen molar-refractivity contribution in [1.82, 2.24) is 20.4 Å². The van der Waals surface area contributed by atoms with Crippen LogP contribution >= 0.6 is 0 Å². The van der Waals surface area contributed by atoms with Gasteiger partial charge in [0, 0.05) is 30.3 Å². The Morgan fingerprint density at radius 3 is 2.66 bits per heavy atom. The summed E-state index contributed by atoms with van der Waals surface area (Å²) < 4.78 is 28.7. The number of benzene rings is 2. The van der Waals surface area contributed by atoms with Crippen LogP contribution in [0, 0.1) is 18.6 Å². The van der Waals surface area contributed by atoms with E-state index in [1.54, 1.807) is 29.1 Å². The molecule has 1 aliphatic heterocycles. The van der Waals surface area contributed by atoms with E-state index >= 15 is 0 Å². The van der Waals surface area contributed by atoms with E-state index in [2.05, 4.69) is 15.7 Å². The SMILES string of the molecule is Cc1cnn(-c2ccc(C(=O)NC3CNCCC3c3ccc(F)c(F)c3)cc2)c1. The Morgan fingerprint density at radius 1 is 1.17 bits per heavy atom. The summed E-state index contributed by atoms with van der Waals surface area (Å²) in [4.78, 5) is 12.8. The number of hydrogen-bond donors (Lipinski definition) is 2. The number of halogens is 2. The molecular formula is C22H22F2N4O. The highest BCUT2D eigenvalue weighted by atomic mass is 19.2. The van der Waals surface area contributed by atoms with Gasteiger partial charge in [-0.1, -0.05) is 6.07 Å². The molecule has 4 rings (SSSR count). The zero-order chi connectivity index (χ0) is 20.4. The fraction of sp³-hybridized carbons (Fsp3) is 0.273. The minimum absolute atomic E-state index is 0.0818. The van der Waals surface area contributed by atoms with Gasteiger partial charge < -0.3 is 10.6 Å². The third-order valence-corrected chi connectivity index (χ3v) is 5.28. The van der Waals surface area contributed by atoms with Crippen molar-refractivity contribution in [3.63, 3.8) is 0 Å². The van der Waals surface area contributed by atoms with E-state index in [1.165, 1.54) is 6.07 Å². The maximum atomic E-state index is 13.7. The molecule has 1 saturated heterocycles. The Bertz CT molecular complexity index is 1020. The number of rotatable bonds is 4. The zero-order valence-corrected chi connectivity index (χ0v) is 16.0. The molecule has 7 heteroatoms. The van der Waals surface area contributed by atoms with E-state index in [-0.39, 0.29) is 17.9 Å². The highest BCUT2D eigenvalue weighted by molar-refractivity contribution is 5.94. The van der Waals surface area contributed by atoms with E-state index in [9.17, 15) is 13.6 Å². The standard InChI is InChI=1S/C22H22F2N4O/c1-14-11-26-28(13-14)17-5-2-15(3-6-17)22(29)27-21-12-25-9-8-18(21)16-4-7-19(23)20(24)10-16/h2-7,10-11,13,18,21,25H,8-9,12H2,1H3,(H,27,29). The molecule has 1 fully saturated rings. The zero-order valence-electron chi connectivity index (χ0n) is 16.0. The van der Waals surface area contributed by atoms with Crippen molar-refractivity contribution in [2.45, 2.75) is 25.3 Å². The quantitative estimate of drug-likeness (QED) is 0.711. The molecule has 1 aromatic heterocycles. The molecule has 2 aromatic carbocycles. The monoisotopic (exact) mass is 396 g/mol. The Hall–Kier alpha value is -3.06. The molecule has 2 atom stereocenters. The van der Waals surface area contributed by atoms with E-state index in [0.29, 0.717) is 17.7 Å². The molecule has 150 valence electrons. The molecule has 2 heterocycles. The lowest BCUT2D eigenvalue weighted by Gasteiger charge is -2.33. The molecule has 1 amide bonds. The number of amides is 1. The predicted molar refractivity (Wildman–Crippen MR) is 106 cm³/mol. The fourth-order valence-corrected chi connectivity index (χ4v) is 3.72. The Morgan fingerprint density at radius 2 is 1.97 bits per heavy atom. The molecule has 0 spiro atoms. The van der Waals surface area contributed by atoms with Gasteiger partial charge in [0.05, 0.1) is 11.9 Å². The van der Waals surface area contributed by atoms with Crippen LogP contribution in [0.2, 0.25) is 0 Å². The van der Waals surface area contributed by atoms with Gasteiger partial charge >= 0.3 is 0 Å². The highest BCUT2D eigenvalue weighted by Crippen LogP contribution is 2.27. The largest absolute Gasteiger partial charge is 0.347 e. The van der Waals surface area contributed by atoms with Gasteiger partial charge in [-0.3, -0.25) is 4.79 Å². The van der Waals surface area contributed by atoms with Gasteiger partial charge in [0.15, 0.2) is 11.6 Å². The summed E-state index contributed by atoms with van der Waals surface area (Å²) in [7, 11) is 0. The van der Waals surface area contributed by atoms with Crippen LogP contribution in [0.15, 0.2) is 54.9 Å². The summed E-state index contributed by atoms with van der Waals surface area (Å²) in [6.45, 7) is 3.29. The van der Waals surface area contributed by atoms with Gasteiger partial charge in [0.25, 0.3) is 5.91 Å². The van der Waals surface area contributed by atoms with Gasteiger partial charge in [-0.05, 0) is 67.4 Å². The summed E-state index contributed by atoms with van der Waals surface area (Å²) in [6, 6.07) is 10.9. The first-order valence-electron chi connectivity index (χ1n) is 9.59. The molecule has 0 radical (unpaired) electrons. The lowest BCUT2D eigenvalue weighted by Crippen LogP contribution is -2.50. The molecule has 1 aliphatic rings. The highest BCUT2D eigenvalue weighted by Gasteiger charge is 2.28. The third-order valence-electron chi connectivity index (χ3n) is 5.28. The molecular weight excluding hydrogens is 374 g/mol. The summed E-state index contributed by atoms with van der Waals surface area (Å²) in [6.07, 6.45) is 4.41. The van der Waals surface area contributed by atoms with Crippen LogP contribution in [0.25, 0.3) is 5.69 Å². The third kappa shape index (κ3) is 4.19. The second-order valence-electron chi connectivity index (χ2n) is 7.36. The molecule has 0 bridgehead atoms. The van der Waals surface area contributed by atoms with Crippen molar-refractivity contribution >= 4 is 5.91 Å². The number of carbonyl (C=O) groups is 1. The predicted octanol–water partition coefficient (Wildman–Crippen LogP) is 3.33. The first kappa shape index (κ1) is 19.3. The first-order valence-corrected chi connectivity index (χ1v) is 9.59. The van der Waals surface area contributed by atoms with Gasteiger partial charge in [0.1, 0.15) is 0 Å². The number of aryl methyl sites for hydroxylation is 1. The smallest absolute Gasteiger partial charge is 0.251 e.